The topological polar surface area (TPSA) is 75.3 Å². The lowest BCUT2D eigenvalue weighted by molar-refractivity contribution is 0.916. The minimum absolute atomic E-state index is 0.508. The highest BCUT2D eigenvalue weighted by atomic mass is 32.2. The maximum atomic E-state index is 8.88. The third kappa shape index (κ3) is 2.35. The molecule has 2 aromatic heterocycles. The summed E-state index contributed by atoms with van der Waals surface area (Å²) < 4.78 is 4.95. The van der Waals surface area contributed by atoms with Crippen LogP contribution in [0, 0.1) is 11.3 Å². The van der Waals surface area contributed by atoms with Crippen molar-refractivity contribution in [1.29, 1.82) is 5.26 Å². The number of nitrogens with zero attached hydrogens (tertiary/aromatic N) is 5. The van der Waals surface area contributed by atoms with Crippen molar-refractivity contribution in [2.75, 3.05) is 0 Å². The van der Waals surface area contributed by atoms with Crippen LogP contribution in [0.3, 0.4) is 0 Å². The molecule has 0 fully saturated rings. The fourth-order valence-electron chi connectivity index (χ4n) is 0.985. The highest BCUT2D eigenvalue weighted by Gasteiger charge is 2.09. The van der Waals surface area contributed by atoms with Crippen molar-refractivity contribution in [2.45, 2.75) is 22.7 Å². The van der Waals surface area contributed by atoms with Gasteiger partial charge in [-0.3, -0.25) is 0 Å². The zero-order chi connectivity index (χ0) is 11.4. The van der Waals surface area contributed by atoms with Crippen molar-refractivity contribution in [3.63, 3.8) is 0 Å². The van der Waals surface area contributed by atoms with Crippen LogP contribution >= 0.6 is 23.3 Å². The molecule has 0 N–H and O–H groups in total. The maximum absolute atomic E-state index is 8.88. The highest BCUT2D eigenvalue weighted by molar-refractivity contribution is 8.00. The largest absolute Gasteiger partial charge is 0.213 e. The van der Waals surface area contributed by atoms with E-state index in [0.29, 0.717) is 10.6 Å². The Balaban J connectivity index is 2.24. The monoisotopic (exact) mass is 249 g/mol. The molecule has 0 saturated heterocycles. The average molecular weight is 249 g/mol. The molecule has 5 nitrogen and oxygen atoms in total. The van der Waals surface area contributed by atoms with Gasteiger partial charge >= 0.3 is 0 Å². The van der Waals surface area contributed by atoms with E-state index in [1.165, 1.54) is 29.5 Å². The second kappa shape index (κ2) is 5.01. The molecule has 7 heteroatoms. The third-order valence-electron chi connectivity index (χ3n) is 1.76. The molecule has 0 atom stereocenters. The van der Waals surface area contributed by atoms with Crippen molar-refractivity contribution >= 4 is 23.3 Å². The van der Waals surface area contributed by atoms with Crippen molar-refractivity contribution in [1.82, 2.24) is 19.6 Å². The second-order valence-electron chi connectivity index (χ2n) is 2.79. The van der Waals surface area contributed by atoms with Crippen LogP contribution in [0.25, 0.3) is 0 Å². The van der Waals surface area contributed by atoms with Gasteiger partial charge in [0, 0.05) is 6.42 Å². The summed E-state index contributed by atoms with van der Waals surface area (Å²) in [4.78, 5) is 4.29. The zero-order valence-electron chi connectivity index (χ0n) is 8.41. The first-order chi connectivity index (χ1) is 7.83. The third-order valence-corrected chi connectivity index (χ3v) is 3.54. The van der Waals surface area contributed by atoms with Crippen molar-refractivity contribution in [3.05, 3.63) is 23.7 Å². The predicted octanol–water partition coefficient (Wildman–Crippen LogP) is 1.91. The Morgan fingerprint density at radius 2 is 2.44 bits per heavy atom. The first kappa shape index (κ1) is 11.0. The molecule has 0 spiro atoms. The standard InChI is InChI=1S/C9H7N5S2/c1-2-7-12-9(16-14-7)15-8-6(5-10)3-4-11-13-8/h3-4H,2H2,1H3. The normalized spacial score (nSPS) is 10.0. The van der Waals surface area contributed by atoms with Gasteiger partial charge in [0.05, 0.1) is 11.8 Å². The molecule has 0 aliphatic rings. The number of nitriles is 1. The van der Waals surface area contributed by atoms with Gasteiger partial charge in [-0.05, 0) is 29.4 Å². The van der Waals surface area contributed by atoms with Crippen LogP contribution in [0.15, 0.2) is 21.6 Å². The number of aromatic nitrogens is 4. The van der Waals surface area contributed by atoms with E-state index in [2.05, 4.69) is 25.6 Å². The minimum atomic E-state index is 0.508. The van der Waals surface area contributed by atoms with Gasteiger partial charge in [-0.2, -0.15) is 14.7 Å². The van der Waals surface area contributed by atoms with Crippen LogP contribution in [0.5, 0.6) is 0 Å². The molecule has 0 aliphatic carbocycles. The van der Waals surface area contributed by atoms with Crippen molar-refractivity contribution < 1.29 is 0 Å². The predicted molar refractivity (Wildman–Crippen MR) is 60.2 cm³/mol. The van der Waals surface area contributed by atoms with E-state index in [-0.39, 0.29) is 0 Å². The van der Waals surface area contributed by atoms with Crippen molar-refractivity contribution in [2.24, 2.45) is 0 Å². The summed E-state index contributed by atoms with van der Waals surface area (Å²) in [7, 11) is 0. The Morgan fingerprint density at radius 1 is 1.56 bits per heavy atom. The molecule has 0 saturated carbocycles. The molecule has 0 amide bonds. The number of hydrogen-bond acceptors (Lipinski definition) is 7. The van der Waals surface area contributed by atoms with Gasteiger partial charge < -0.3 is 0 Å². The van der Waals surface area contributed by atoms with E-state index in [4.69, 9.17) is 5.26 Å². The van der Waals surface area contributed by atoms with E-state index in [9.17, 15) is 0 Å². The lowest BCUT2D eigenvalue weighted by Crippen LogP contribution is -1.89. The molecule has 0 aromatic carbocycles. The fourth-order valence-corrected chi connectivity index (χ4v) is 2.61. The van der Waals surface area contributed by atoms with Crippen LogP contribution in [-0.2, 0) is 6.42 Å². The second-order valence-corrected chi connectivity index (χ2v) is 4.78. The number of aryl methyl sites for hydroxylation is 1. The fraction of sp³-hybridized carbons (Fsp3) is 0.222. The summed E-state index contributed by atoms with van der Waals surface area (Å²) in [5.41, 5.74) is 0.508. The first-order valence-corrected chi connectivity index (χ1v) is 6.14. The summed E-state index contributed by atoms with van der Waals surface area (Å²) in [6.45, 7) is 2.00. The Kier molecular flexibility index (Phi) is 3.44. The van der Waals surface area contributed by atoms with Gasteiger partial charge in [0.2, 0.25) is 0 Å². The van der Waals surface area contributed by atoms with Gasteiger partial charge in [-0.15, -0.1) is 5.10 Å². The van der Waals surface area contributed by atoms with Gasteiger partial charge in [-0.25, -0.2) is 4.98 Å². The van der Waals surface area contributed by atoms with E-state index >= 15 is 0 Å². The summed E-state index contributed by atoms with van der Waals surface area (Å²) in [5, 5.41) is 17.1. The molecule has 2 heterocycles. The summed E-state index contributed by atoms with van der Waals surface area (Å²) in [6, 6.07) is 3.71. The molecule has 2 aromatic rings. The minimum Gasteiger partial charge on any atom is -0.213 e. The Bertz CT molecular complexity index is 531. The summed E-state index contributed by atoms with van der Waals surface area (Å²) in [6.07, 6.45) is 2.31. The SMILES string of the molecule is CCc1nsc(Sc2nnccc2C#N)n1. The lowest BCUT2D eigenvalue weighted by Gasteiger charge is -1.96. The van der Waals surface area contributed by atoms with Crippen LogP contribution in [0.4, 0.5) is 0 Å². The van der Waals surface area contributed by atoms with Gasteiger partial charge in [0.1, 0.15) is 16.9 Å². The summed E-state index contributed by atoms with van der Waals surface area (Å²) in [5.74, 6) is 0.815. The van der Waals surface area contributed by atoms with Crippen LogP contribution in [-0.4, -0.2) is 19.6 Å². The van der Waals surface area contributed by atoms with E-state index in [1.54, 1.807) is 6.07 Å². The molecule has 0 bridgehead atoms. The Morgan fingerprint density at radius 3 is 3.12 bits per heavy atom. The van der Waals surface area contributed by atoms with Crippen LogP contribution < -0.4 is 0 Å². The number of rotatable bonds is 3. The molecule has 80 valence electrons. The van der Waals surface area contributed by atoms with Gasteiger partial charge in [0.25, 0.3) is 0 Å². The molecular weight excluding hydrogens is 242 g/mol. The molecule has 2 rings (SSSR count). The summed E-state index contributed by atoms with van der Waals surface area (Å²) >= 11 is 2.64. The van der Waals surface area contributed by atoms with E-state index in [0.717, 1.165) is 16.6 Å². The quantitative estimate of drug-likeness (QED) is 0.827. The van der Waals surface area contributed by atoms with Crippen molar-refractivity contribution in [3.8, 4) is 6.07 Å². The van der Waals surface area contributed by atoms with Gasteiger partial charge in [0.15, 0.2) is 4.34 Å². The van der Waals surface area contributed by atoms with Crippen LogP contribution in [0.2, 0.25) is 0 Å². The average Bonchev–Trinajstić information content (AvgIpc) is 2.77. The smallest absolute Gasteiger partial charge is 0.176 e. The van der Waals surface area contributed by atoms with Crippen LogP contribution in [0.1, 0.15) is 18.3 Å². The molecule has 0 unspecified atom stereocenters. The highest BCUT2D eigenvalue weighted by Crippen LogP contribution is 2.28. The maximum Gasteiger partial charge on any atom is 0.176 e. The lowest BCUT2D eigenvalue weighted by atomic mass is 10.3. The first-order valence-electron chi connectivity index (χ1n) is 4.55. The molecule has 16 heavy (non-hydrogen) atoms. The van der Waals surface area contributed by atoms with E-state index < -0.39 is 0 Å². The Hall–Kier alpha value is -1.52. The zero-order valence-corrected chi connectivity index (χ0v) is 10.0. The molecule has 0 aliphatic heterocycles. The molecular formula is C9H7N5S2. The molecule has 0 radical (unpaired) electrons. The van der Waals surface area contributed by atoms with Gasteiger partial charge in [-0.1, -0.05) is 6.92 Å². The Labute approximate surface area is 101 Å². The number of hydrogen-bond donors (Lipinski definition) is 0. The van der Waals surface area contributed by atoms with E-state index in [1.807, 2.05) is 6.92 Å².